The highest BCUT2D eigenvalue weighted by Crippen LogP contribution is 2.45. The van der Waals surface area contributed by atoms with Crippen LogP contribution in [0, 0.1) is 0 Å². The molecule has 1 aliphatic carbocycles. The van der Waals surface area contributed by atoms with E-state index in [0.717, 1.165) is 0 Å². The van der Waals surface area contributed by atoms with E-state index in [2.05, 4.69) is 34.9 Å². The van der Waals surface area contributed by atoms with E-state index in [9.17, 15) is 12.8 Å². The lowest BCUT2D eigenvalue weighted by Gasteiger charge is -2.22. The molecule has 35 heavy (non-hydrogen) atoms. The summed E-state index contributed by atoms with van der Waals surface area (Å²) in [5.74, 6) is -0.446. The van der Waals surface area contributed by atoms with Gasteiger partial charge in [0, 0.05) is 19.5 Å². The Morgan fingerprint density at radius 1 is 1.11 bits per heavy atom. The third kappa shape index (κ3) is 4.83. The smallest absolute Gasteiger partial charge is 0.245 e. The van der Waals surface area contributed by atoms with E-state index < -0.39 is 33.5 Å². The van der Waals surface area contributed by atoms with Crippen LogP contribution in [0.2, 0.25) is 5.02 Å². The van der Waals surface area contributed by atoms with Gasteiger partial charge in [-0.15, -0.1) is 10.2 Å². The summed E-state index contributed by atoms with van der Waals surface area (Å²) in [5.41, 5.74) is 0.117. The quantitative estimate of drug-likeness (QED) is 0.409. The molecule has 0 spiro atoms. The number of rotatable bonds is 10. The maximum atomic E-state index is 14.0. The molecule has 1 N–H and O–H groups in total. The molecule has 4 rings (SSSR count). The predicted molar refractivity (Wildman–Crippen MR) is 121 cm³/mol. The van der Waals surface area contributed by atoms with Gasteiger partial charge in [0.15, 0.2) is 11.5 Å². The van der Waals surface area contributed by atoms with E-state index in [0.29, 0.717) is 0 Å². The molecule has 4 atom stereocenters. The molecule has 3 heterocycles. The largest absolute Gasteiger partial charge is 0.479 e. The summed E-state index contributed by atoms with van der Waals surface area (Å²) in [4.78, 5) is 16.2. The SMILES string of the molecule is COc1ncnc(OC)c1-n1c(NS(=O)(=O)[C@@H](C)[C@H](OC)c2ncc(Cl)cn2)nnc1[C@@H]1C[C@H]1F. The molecule has 0 unspecified atom stereocenters. The van der Waals surface area contributed by atoms with E-state index in [1.807, 2.05) is 0 Å². The van der Waals surface area contributed by atoms with Gasteiger partial charge in [-0.25, -0.2) is 22.8 Å². The second-order valence-corrected chi connectivity index (χ2v) is 10.1. The molecule has 1 fully saturated rings. The van der Waals surface area contributed by atoms with Gasteiger partial charge in [-0.05, 0) is 13.3 Å². The van der Waals surface area contributed by atoms with Crippen LogP contribution in [-0.4, -0.2) is 75.9 Å². The first-order chi connectivity index (χ1) is 16.7. The molecule has 0 amide bonds. The number of hydrogen-bond donors (Lipinski definition) is 1. The first-order valence-corrected chi connectivity index (χ1v) is 12.2. The topological polar surface area (TPSA) is 156 Å². The number of alkyl halides is 1. The van der Waals surface area contributed by atoms with Crippen molar-refractivity contribution in [1.82, 2.24) is 34.7 Å². The molecular formula is C19H22ClFN8O5S. The molecule has 13 nitrogen and oxygen atoms in total. The Hall–Kier alpha value is -3.17. The number of ether oxygens (including phenoxy) is 3. The van der Waals surface area contributed by atoms with Crippen LogP contribution in [0.1, 0.15) is 37.0 Å². The summed E-state index contributed by atoms with van der Waals surface area (Å²) in [7, 11) is -0.118. The van der Waals surface area contributed by atoms with Crippen LogP contribution < -0.4 is 14.2 Å². The molecule has 1 saturated carbocycles. The molecule has 0 aliphatic heterocycles. The van der Waals surface area contributed by atoms with Crippen LogP contribution in [0.4, 0.5) is 10.3 Å². The highest BCUT2D eigenvalue weighted by molar-refractivity contribution is 7.93. The second-order valence-electron chi connectivity index (χ2n) is 7.58. The van der Waals surface area contributed by atoms with E-state index in [4.69, 9.17) is 25.8 Å². The Kier molecular flexibility index (Phi) is 7.00. The zero-order valence-electron chi connectivity index (χ0n) is 19.1. The number of hydrogen-bond acceptors (Lipinski definition) is 11. The van der Waals surface area contributed by atoms with Gasteiger partial charge in [0.1, 0.15) is 29.7 Å². The van der Waals surface area contributed by atoms with Crippen LogP contribution >= 0.6 is 11.6 Å². The fourth-order valence-corrected chi connectivity index (χ4v) is 4.68. The fraction of sp³-hybridized carbons (Fsp3) is 0.474. The summed E-state index contributed by atoms with van der Waals surface area (Å²) in [6.45, 7) is 1.42. The first-order valence-electron chi connectivity index (χ1n) is 10.3. The van der Waals surface area contributed by atoms with Gasteiger partial charge in [-0.2, -0.15) is 9.97 Å². The average molecular weight is 529 g/mol. The minimum atomic E-state index is -4.19. The first kappa shape index (κ1) is 24.9. The van der Waals surface area contributed by atoms with Gasteiger partial charge in [0.2, 0.25) is 27.7 Å². The minimum Gasteiger partial charge on any atom is -0.479 e. The minimum absolute atomic E-state index is 0.0480. The van der Waals surface area contributed by atoms with Crippen molar-refractivity contribution in [3.05, 3.63) is 35.4 Å². The number of halogens is 2. The van der Waals surface area contributed by atoms with Crippen molar-refractivity contribution in [2.45, 2.75) is 36.8 Å². The molecule has 0 bridgehead atoms. The molecule has 16 heteroatoms. The maximum Gasteiger partial charge on any atom is 0.245 e. The molecule has 3 aromatic rings. The standard InChI is InChI=1S/C19H22ClFN8O5S/c1-9(14(32-2)15-22-6-10(20)7-23-15)35(30,31)28-19-27-26-16(11-5-12(11)21)29(19)13-17(33-3)24-8-25-18(13)34-4/h6-9,11-12,14H,5H2,1-4H3,(H,27,28)/t9-,11+,12+,14-/m0/s1. The van der Waals surface area contributed by atoms with Crippen molar-refractivity contribution in [3.8, 4) is 17.4 Å². The number of sulfonamides is 1. The molecular weight excluding hydrogens is 507 g/mol. The van der Waals surface area contributed by atoms with E-state index >= 15 is 0 Å². The van der Waals surface area contributed by atoms with Crippen molar-refractivity contribution in [2.75, 3.05) is 26.1 Å². The molecule has 188 valence electrons. The lowest BCUT2D eigenvalue weighted by molar-refractivity contribution is 0.0950. The number of anilines is 1. The van der Waals surface area contributed by atoms with Crippen molar-refractivity contribution in [1.29, 1.82) is 0 Å². The van der Waals surface area contributed by atoms with Gasteiger partial charge < -0.3 is 14.2 Å². The summed E-state index contributed by atoms with van der Waals surface area (Å²) in [6.07, 6.45) is 1.90. The Labute approximate surface area is 205 Å². The van der Waals surface area contributed by atoms with Gasteiger partial charge in [0.25, 0.3) is 0 Å². The highest BCUT2D eigenvalue weighted by atomic mass is 35.5. The van der Waals surface area contributed by atoms with Gasteiger partial charge >= 0.3 is 0 Å². The van der Waals surface area contributed by atoms with E-state index in [1.54, 1.807) is 0 Å². The molecule has 0 radical (unpaired) electrons. The van der Waals surface area contributed by atoms with E-state index in [1.165, 1.54) is 51.5 Å². The number of nitrogens with one attached hydrogen (secondary N) is 1. The van der Waals surface area contributed by atoms with Crippen molar-refractivity contribution in [2.24, 2.45) is 0 Å². The van der Waals surface area contributed by atoms with Gasteiger partial charge in [-0.3, -0.25) is 9.29 Å². The summed E-state index contributed by atoms with van der Waals surface area (Å²) in [5, 5.41) is 7.12. The van der Waals surface area contributed by atoms with Crippen LogP contribution in [-0.2, 0) is 14.8 Å². The van der Waals surface area contributed by atoms with E-state index in [-0.39, 0.29) is 46.5 Å². The number of methoxy groups -OCH3 is 3. The van der Waals surface area contributed by atoms with Crippen LogP contribution in [0.5, 0.6) is 11.8 Å². The zero-order chi connectivity index (χ0) is 25.3. The summed E-state index contributed by atoms with van der Waals surface area (Å²) >= 11 is 5.83. The van der Waals surface area contributed by atoms with Crippen molar-refractivity contribution < 1.29 is 27.0 Å². The average Bonchev–Trinajstić information content (AvgIpc) is 3.44. The van der Waals surface area contributed by atoms with Crippen LogP contribution in [0.3, 0.4) is 0 Å². The third-order valence-corrected chi connectivity index (χ3v) is 7.28. The molecule has 0 saturated heterocycles. The lowest BCUT2D eigenvalue weighted by atomic mass is 10.2. The van der Waals surface area contributed by atoms with Gasteiger partial charge in [-0.1, -0.05) is 11.6 Å². The molecule has 0 aromatic carbocycles. The van der Waals surface area contributed by atoms with Crippen molar-refractivity contribution in [3.63, 3.8) is 0 Å². The maximum absolute atomic E-state index is 14.0. The van der Waals surface area contributed by atoms with Crippen LogP contribution in [0.25, 0.3) is 5.69 Å². The molecule has 1 aliphatic rings. The Bertz CT molecular complexity index is 1290. The van der Waals surface area contributed by atoms with Crippen LogP contribution in [0.15, 0.2) is 18.7 Å². The Morgan fingerprint density at radius 3 is 2.23 bits per heavy atom. The molecule has 3 aromatic heterocycles. The lowest BCUT2D eigenvalue weighted by Crippen LogP contribution is -2.33. The second kappa shape index (κ2) is 9.83. The van der Waals surface area contributed by atoms with Gasteiger partial charge in [0.05, 0.1) is 25.2 Å². The predicted octanol–water partition coefficient (Wildman–Crippen LogP) is 1.86. The number of aromatic nitrogens is 7. The normalized spacial score (nSPS) is 19.1. The highest BCUT2D eigenvalue weighted by Gasteiger charge is 2.45. The summed E-state index contributed by atoms with van der Waals surface area (Å²) in [6, 6.07) is 0. The third-order valence-electron chi connectivity index (χ3n) is 5.40. The summed E-state index contributed by atoms with van der Waals surface area (Å²) < 4.78 is 60.5. The van der Waals surface area contributed by atoms with Crippen molar-refractivity contribution >= 4 is 27.6 Å². The fourth-order valence-electron chi connectivity index (χ4n) is 3.45. The monoisotopic (exact) mass is 528 g/mol. The number of nitrogens with zero attached hydrogens (tertiary/aromatic N) is 7. The Balaban J connectivity index is 1.76. The zero-order valence-corrected chi connectivity index (χ0v) is 20.7. The Morgan fingerprint density at radius 2 is 1.71 bits per heavy atom.